The van der Waals surface area contributed by atoms with E-state index in [4.69, 9.17) is 0 Å². The smallest absolute Gasteiger partial charge is 0.313 e. The lowest BCUT2D eigenvalue weighted by atomic mass is 9.96. The van der Waals surface area contributed by atoms with Crippen LogP contribution in [-0.4, -0.2) is 24.6 Å². The highest BCUT2D eigenvalue weighted by molar-refractivity contribution is 7.98. The normalized spacial score (nSPS) is 14.6. The van der Waals surface area contributed by atoms with Crippen LogP contribution in [0.3, 0.4) is 0 Å². The molecule has 2 aromatic rings. The van der Waals surface area contributed by atoms with Gasteiger partial charge in [0, 0.05) is 16.9 Å². The van der Waals surface area contributed by atoms with Crippen LogP contribution in [0, 0.1) is 5.82 Å². The number of thioether (sulfide) groups is 1. The van der Waals surface area contributed by atoms with E-state index in [9.17, 15) is 14.0 Å². The Morgan fingerprint density at radius 1 is 1.08 bits per heavy atom. The first-order valence-corrected chi connectivity index (χ1v) is 9.25. The van der Waals surface area contributed by atoms with Crippen molar-refractivity contribution in [1.29, 1.82) is 0 Å². The van der Waals surface area contributed by atoms with Crippen molar-refractivity contribution in [2.75, 3.05) is 18.1 Å². The second-order valence-electron chi connectivity index (χ2n) is 6.12. The molecule has 6 heteroatoms. The molecular weight excluding hydrogens is 339 g/mol. The number of rotatable bonds is 5. The third-order valence-electron chi connectivity index (χ3n) is 4.46. The molecule has 0 spiro atoms. The first kappa shape index (κ1) is 17.5. The predicted molar refractivity (Wildman–Crippen MR) is 97.2 cm³/mol. The van der Waals surface area contributed by atoms with E-state index >= 15 is 0 Å². The molecule has 1 fully saturated rings. The van der Waals surface area contributed by atoms with Crippen molar-refractivity contribution in [3.05, 3.63) is 59.9 Å². The topological polar surface area (TPSA) is 58.2 Å². The number of carbonyl (C=O) groups excluding carboxylic acids is 2. The summed E-state index contributed by atoms with van der Waals surface area (Å²) in [6.45, 7) is 0.370. The van der Waals surface area contributed by atoms with E-state index in [0.717, 1.165) is 23.3 Å². The quantitative estimate of drug-likeness (QED) is 0.637. The van der Waals surface area contributed by atoms with E-state index in [1.807, 2.05) is 18.4 Å². The molecule has 130 valence electrons. The van der Waals surface area contributed by atoms with Crippen molar-refractivity contribution >= 4 is 29.3 Å². The molecule has 2 N–H and O–H groups in total. The van der Waals surface area contributed by atoms with Gasteiger partial charge in [-0.3, -0.25) is 9.59 Å². The van der Waals surface area contributed by atoms with E-state index in [-0.39, 0.29) is 11.2 Å². The van der Waals surface area contributed by atoms with Gasteiger partial charge in [0.25, 0.3) is 0 Å². The predicted octanol–water partition coefficient (Wildman–Crippen LogP) is 3.33. The minimum atomic E-state index is -0.684. The Bertz CT molecular complexity index is 788. The zero-order chi connectivity index (χ0) is 17.9. The maximum atomic E-state index is 13.1. The molecule has 2 aromatic carbocycles. The molecule has 25 heavy (non-hydrogen) atoms. The highest BCUT2D eigenvalue weighted by Crippen LogP contribution is 2.47. The summed E-state index contributed by atoms with van der Waals surface area (Å²) in [6.07, 6.45) is 3.73. The van der Waals surface area contributed by atoms with Gasteiger partial charge in [-0.1, -0.05) is 24.3 Å². The van der Waals surface area contributed by atoms with Crippen molar-refractivity contribution in [1.82, 2.24) is 5.32 Å². The lowest BCUT2D eigenvalue weighted by Crippen LogP contribution is -2.39. The van der Waals surface area contributed by atoms with E-state index < -0.39 is 11.8 Å². The lowest BCUT2D eigenvalue weighted by molar-refractivity contribution is -0.136. The summed E-state index contributed by atoms with van der Waals surface area (Å²) in [5.41, 5.74) is 1.43. The molecule has 0 unspecified atom stereocenters. The summed E-state index contributed by atoms with van der Waals surface area (Å²) < 4.78 is 13.1. The molecular formula is C19H19FN2O2S. The van der Waals surface area contributed by atoms with E-state index in [2.05, 4.69) is 10.6 Å². The fourth-order valence-electron chi connectivity index (χ4n) is 2.78. The SMILES string of the molecule is CSc1ccccc1NC(=O)C(=O)NCC1(c2ccc(F)cc2)CC1. The summed E-state index contributed by atoms with van der Waals surface area (Å²) >= 11 is 1.50. The number of benzene rings is 2. The van der Waals surface area contributed by atoms with Crippen molar-refractivity contribution < 1.29 is 14.0 Å². The van der Waals surface area contributed by atoms with Gasteiger partial charge in [0.2, 0.25) is 0 Å². The minimum absolute atomic E-state index is 0.180. The zero-order valence-corrected chi connectivity index (χ0v) is 14.7. The Kier molecular flexibility index (Phi) is 5.08. The standard InChI is InChI=1S/C19H19FN2O2S/c1-25-16-5-3-2-4-15(16)22-18(24)17(23)21-12-19(10-11-19)13-6-8-14(20)9-7-13/h2-9H,10-12H2,1H3,(H,21,23)(H,22,24). The number of hydrogen-bond donors (Lipinski definition) is 2. The van der Waals surface area contributed by atoms with Crippen molar-refractivity contribution in [2.24, 2.45) is 0 Å². The molecule has 0 saturated heterocycles. The van der Waals surface area contributed by atoms with Crippen molar-refractivity contribution in [2.45, 2.75) is 23.2 Å². The van der Waals surface area contributed by atoms with Crippen LogP contribution in [0.1, 0.15) is 18.4 Å². The van der Waals surface area contributed by atoms with Gasteiger partial charge in [-0.25, -0.2) is 4.39 Å². The van der Waals surface area contributed by atoms with Crippen LogP contribution in [0.4, 0.5) is 10.1 Å². The van der Waals surface area contributed by atoms with E-state index in [1.54, 1.807) is 24.3 Å². The molecule has 1 saturated carbocycles. The summed E-state index contributed by atoms with van der Waals surface area (Å²) in [6, 6.07) is 13.6. The summed E-state index contributed by atoms with van der Waals surface area (Å²) in [5, 5.41) is 5.35. The van der Waals surface area contributed by atoms with Crippen LogP contribution in [0.2, 0.25) is 0 Å². The number of carbonyl (C=O) groups is 2. The molecule has 0 bridgehead atoms. The lowest BCUT2D eigenvalue weighted by Gasteiger charge is -2.16. The average molecular weight is 358 g/mol. The van der Waals surface area contributed by atoms with Gasteiger partial charge in [-0.05, 0) is 48.9 Å². The van der Waals surface area contributed by atoms with Gasteiger partial charge in [-0.15, -0.1) is 11.8 Å². The van der Waals surface area contributed by atoms with Gasteiger partial charge in [0.05, 0.1) is 5.69 Å². The van der Waals surface area contributed by atoms with Gasteiger partial charge in [-0.2, -0.15) is 0 Å². The fraction of sp³-hybridized carbons (Fsp3) is 0.263. The molecule has 0 aliphatic heterocycles. The molecule has 1 aliphatic carbocycles. The van der Waals surface area contributed by atoms with Gasteiger partial charge in [0.1, 0.15) is 5.82 Å². The third-order valence-corrected chi connectivity index (χ3v) is 5.25. The summed E-state index contributed by atoms with van der Waals surface area (Å²) in [5.74, 6) is -1.63. The van der Waals surface area contributed by atoms with Crippen LogP contribution in [-0.2, 0) is 15.0 Å². The van der Waals surface area contributed by atoms with E-state index in [1.165, 1.54) is 23.9 Å². The Labute approximate surface area is 150 Å². The third kappa shape index (κ3) is 4.02. The van der Waals surface area contributed by atoms with Crippen LogP contribution < -0.4 is 10.6 Å². The Hall–Kier alpha value is -2.34. The summed E-state index contributed by atoms with van der Waals surface area (Å²) in [4.78, 5) is 25.1. The first-order chi connectivity index (χ1) is 12.0. The molecule has 0 heterocycles. The van der Waals surface area contributed by atoms with Gasteiger partial charge >= 0.3 is 11.8 Å². The number of para-hydroxylation sites is 1. The second-order valence-corrected chi connectivity index (χ2v) is 6.97. The van der Waals surface area contributed by atoms with Gasteiger partial charge in [0.15, 0.2) is 0 Å². The van der Waals surface area contributed by atoms with Crippen molar-refractivity contribution in [3.8, 4) is 0 Å². The molecule has 1 aliphatic rings. The zero-order valence-electron chi connectivity index (χ0n) is 13.8. The maximum Gasteiger partial charge on any atom is 0.313 e. The van der Waals surface area contributed by atoms with Crippen LogP contribution in [0.15, 0.2) is 53.4 Å². The molecule has 0 radical (unpaired) electrons. The fourth-order valence-corrected chi connectivity index (χ4v) is 3.33. The molecule has 0 atom stereocenters. The molecule has 0 aromatic heterocycles. The van der Waals surface area contributed by atoms with Crippen LogP contribution in [0.5, 0.6) is 0 Å². The molecule has 3 rings (SSSR count). The number of anilines is 1. The van der Waals surface area contributed by atoms with Crippen LogP contribution >= 0.6 is 11.8 Å². The monoisotopic (exact) mass is 358 g/mol. The van der Waals surface area contributed by atoms with Gasteiger partial charge < -0.3 is 10.6 Å². The Balaban J connectivity index is 1.59. The maximum absolute atomic E-state index is 13.1. The summed E-state index contributed by atoms with van der Waals surface area (Å²) in [7, 11) is 0. The largest absolute Gasteiger partial charge is 0.347 e. The first-order valence-electron chi connectivity index (χ1n) is 8.02. The second kappa shape index (κ2) is 7.27. The van der Waals surface area contributed by atoms with Crippen molar-refractivity contribution in [3.63, 3.8) is 0 Å². The molecule has 2 amide bonds. The minimum Gasteiger partial charge on any atom is -0.347 e. The Morgan fingerprint density at radius 2 is 1.76 bits per heavy atom. The van der Waals surface area contributed by atoms with E-state index in [0.29, 0.717) is 12.2 Å². The molecule has 4 nitrogen and oxygen atoms in total. The number of amides is 2. The number of hydrogen-bond acceptors (Lipinski definition) is 3. The number of nitrogens with one attached hydrogen (secondary N) is 2. The van der Waals surface area contributed by atoms with Crippen LogP contribution in [0.25, 0.3) is 0 Å². The highest BCUT2D eigenvalue weighted by atomic mass is 32.2. The average Bonchev–Trinajstić information content (AvgIpc) is 3.41. The Morgan fingerprint density at radius 3 is 2.40 bits per heavy atom. The number of halogens is 1. The highest BCUT2D eigenvalue weighted by Gasteiger charge is 2.44.